The number of sulfonamides is 1. The van der Waals surface area contributed by atoms with Crippen molar-refractivity contribution in [2.24, 2.45) is 5.92 Å². The number of hydrogen-bond donors (Lipinski definition) is 2. The molecule has 0 radical (unpaired) electrons. The molecule has 0 aromatic heterocycles. The van der Waals surface area contributed by atoms with Crippen molar-refractivity contribution in [2.75, 3.05) is 24.9 Å². The largest absolute Gasteiger partial charge is 0.497 e. The van der Waals surface area contributed by atoms with Crippen LogP contribution in [0.3, 0.4) is 0 Å². The Hall–Kier alpha value is -3.07. The normalized spacial score (nSPS) is 16.5. The summed E-state index contributed by atoms with van der Waals surface area (Å²) >= 11 is 0. The van der Waals surface area contributed by atoms with Crippen LogP contribution in [0.4, 0.5) is 5.69 Å². The summed E-state index contributed by atoms with van der Waals surface area (Å²) in [5.41, 5.74) is 0.788. The van der Waals surface area contributed by atoms with Crippen LogP contribution in [0.15, 0.2) is 53.4 Å². The monoisotopic (exact) mass is 459 g/mol. The first kappa shape index (κ1) is 23.6. The number of ether oxygens (including phenoxy) is 1. The molecular formula is C23H29N3O5S. The van der Waals surface area contributed by atoms with Crippen LogP contribution in [0.5, 0.6) is 5.75 Å². The molecule has 1 aliphatic rings. The number of methoxy groups -OCH3 is 1. The molecule has 0 unspecified atom stereocenters. The van der Waals surface area contributed by atoms with Crippen LogP contribution >= 0.6 is 0 Å². The number of likely N-dealkylation sites (tertiary alicyclic amines) is 1. The number of benzene rings is 2. The molecule has 32 heavy (non-hydrogen) atoms. The fourth-order valence-electron chi connectivity index (χ4n) is 3.62. The number of piperidine rings is 1. The van der Waals surface area contributed by atoms with Crippen LogP contribution in [0.1, 0.15) is 37.0 Å². The molecule has 9 heteroatoms. The van der Waals surface area contributed by atoms with Crippen molar-refractivity contribution in [3.8, 4) is 5.75 Å². The van der Waals surface area contributed by atoms with E-state index in [1.807, 2.05) is 13.8 Å². The Labute approximate surface area is 189 Å². The third-order valence-corrected chi connectivity index (χ3v) is 6.62. The van der Waals surface area contributed by atoms with E-state index in [0.717, 1.165) is 12.8 Å². The van der Waals surface area contributed by atoms with Gasteiger partial charge in [0.15, 0.2) is 0 Å². The van der Waals surface area contributed by atoms with Crippen LogP contribution in [0, 0.1) is 5.92 Å². The van der Waals surface area contributed by atoms with Gasteiger partial charge in [0, 0.05) is 36.4 Å². The van der Waals surface area contributed by atoms with Gasteiger partial charge in [-0.1, -0.05) is 6.07 Å². The molecule has 1 saturated heterocycles. The molecular weight excluding hydrogens is 430 g/mol. The maximum atomic E-state index is 12.9. The van der Waals surface area contributed by atoms with Gasteiger partial charge in [-0.05, 0) is 63.1 Å². The quantitative estimate of drug-likeness (QED) is 0.663. The van der Waals surface area contributed by atoms with E-state index in [4.69, 9.17) is 4.74 Å². The summed E-state index contributed by atoms with van der Waals surface area (Å²) in [5.74, 6) is 0.0221. The highest BCUT2D eigenvalue weighted by Crippen LogP contribution is 2.22. The Morgan fingerprint density at radius 3 is 2.50 bits per heavy atom. The standard InChI is InChI=1S/C23H29N3O5S/c1-16(2)24-22(27)18-6-5-13-26(15-18)23(28)17-9-11-19(12-10-17)25-32(29,30)21-8-4-7-20(14-21)31-3/h4,7-12,14,16,18,25H,5-6,13,15H2,1-3H3,(H,24,27)/t18-/m1/s1. The molecule has 1 heterocycles. The second kappa shape index (κ2) is 10.0. The molecule has 2 N–H and O–H groups in total. The minimum atomic E-state index is -3.80. The summed E-state index contributed by atoms with van der Waals surface area (Å²) in [6, 6.07) is 12.5. The number of nitrogens with zero attached hydrogens (tertiary/aromatic N) is 1. The van der Waals surface area contributed by atoms with Crippen molar-refractivity contribution >= 4 is 27.5 Å². The second-order valence-corrected chi connectivity index (χ2v) is 9.80. The average Bonchev–Trinajstić information content (AvgIpc) is 2.78. The van der Waals surface area contributed by atoms with Crippen molar-refractivity contribution in [1.29, 1.82) is 0 Å². The maximum absolute atomic E-state index is 12.9. The summed E-state index contributed by atoms with van der Waals surface area (Å²) in [4.78, 5) is 27.0. The molecule has 172 valence electrons. The van der Waals surface area contributed by atoms with Crippen molar-refractivity contribution in [1.82, 2.24) is 10.2 Å². The lowest BCUT2D eigenvalue weighted by Crippen LogP contribution is -2.46. The highest BCUT2D eigenvalue weighted by molar-refractivity contribution is 7.92. The Kier molecular flexibility index (Phi) is 7.40. The fourth-order valence-corrected chi connectivity index (χ4v) is 4.72. The van der Waals surface area contributed by atoms with E-state index < -0.39 is 10.0 Å². The summed E-state index contributed by atoms with van der Waals surface area (Å²) in [5, 5.41) is 2.91. The van der Waals surface area contributed by atoms with Crippen LogP contribution in [0.25, 0.3) is 0 Å². The number of hydrogen-bond acceptors (Lipinski definition) is 5. The molecule has 8 nitrogen and oxygen atoms in total. The zero-order valence-corrected chi connectivity index (χ0v) is 19.3. The van der Waals surface area contributed by atoms with Gasteiger partial charge in [0.1, 0.15) is 5.75 Å². The van der Waals surface area contributed by atoms with Gasteiger partial charge in [-0.15, -0.1) is 0 Å². The Balaban J connectivity index is 1.67. The summed E-state index contributed by atoms with van der Waals surface area (Å²) in [7, 11) is -2.33. The number of anilines is 1. The van der Waals surface area contributed by atoms with Crippen LogP contribution < -0.4 is 14.8 Å². The molecule has 0 bridgehead atoms. The lowest BCUT2D eigenvalue weighted by atomic mass is 9.96. The fraction of sp³-hybridized carbons (Fsp3) is 0.391. The van der Waals surface area contributed by atoms with Crippen LogP contribution in [0.2, 0.25) is 0 Å². The molecule has 1 aliphatic heterocycles. The zero-order chi connectivity index (χ0) is 23.3. The van der Waals surface area contributed by atoms with Gasteiger partial charge >= 0.3 is 0 Å². The van der Waals surface area contributed by atoms with Gasteiger partial charge in [0.05, 0.1) is 17.9 Å². The van der Waals surface area contributed by atoms with Crippen molar-refractivity contribution in [3.05, 3.63) is 54.1 Å². The van der Waals surface area contributed by atoms with Gasteiger partial charge in [0.25, 0.3) is 15.9 Å². The summed E-state index contributed by atoms with van der Waals surface area (Å²) in [6.45, 7) is 4.79. The average molecular weight is 460 g/mol. The lowest BCUT2D eigenvalue weighted by Gasteiger charge is -2.32. The van der Waals surface area contributed by atoms with Gasteiger partial charge in [-0.2, -0.15) is 0 Å². The zero-order valence-electron chi connectivity index (χ0n) is 18.5. The molecule has 2 aromatic rings. The van der Waals surface area contributed by atoms with Gasteiger partial charge in [-0.25, -0.2) is 8.42 Å². The highest BCUT2D eigenvalue weighted by Gasteiger charge is 2.29. The van der Waals surface area contributed by atoms with E-state index in [1.54, 1.807) is 41.3 Å². The minimum Gasteiger partial charge on any atom is -0.497 e. The molecule has 0 aliphatic carbocycles. The third kappa shape index (κ3) is 5.79. The predicted octanol–water partition coefficient (Wildman–Crippen LogP) is 2.87. The predicted molar refractivity (Wildman–Crippen MR) is 122 cm³/mol. The maximum Gasteiger partial charge on any atom is 0.262 e. The first-order valence-electron chi connectivity index (χ1n) is 10.6. The van der Waals surface area contributed by atoms with E-state index >= 15 is 0 Å². The molecule has 2 amide bonds. The number of carbonyl (C=O) groups excluding carboxylic acids is 2. The topological polar surface area (TPSA) is 105 Å². The molecule has 0 spiro atoms. The van der Waals surface area contributed by atoms with E-state index in [1.165, 1.54) is 19.2 Å². The number of carbonyl (C=O) groups is 2. The SMILES string of the molecule is COc1cccc(S(=O)(=O)Nc2ccc(C(=O)N3CCC[C@@H](C(=O)NC(C)C)C3)cc2)c1. The number of nitrogens with one attached hydrogen (secondary N) is 2. The number of rotatable bonds is 7. The number of amides is 2. The van der Waals surface area contributed by atoms with E-state index in [2.05, 4.69) is 10.0 Å². The van der Waals surface area contributed by atoms with Crippen LogP contribution in [-0.4, -0.2) is 51.4 Å². The molecule has 1 fully saturated rings. The molecule has 1 atom stereocenters. The molecule has 0 saturated carbocycles. The van der Waals surface area contributed by atoms with Gasteiger partial charge in [0.2, 0.25) is 5.91 Å². The smallest absolute Gasteiger partial charge is 0.262 e. The molecule has 3 rings (SSSR count). The lowest BCUT2D eigenvalue weighted by molar-refractivity contribution is -0.126. The van der Waals surface area contributed by atoms with E-state index in [9.17, 15) is 18.0 Å². The summed E-state index contributed by atoms with van der Waals surface area (Å²) < 4.78 is 32.9. The third-order valence-electron chi connectivity index (χ3n) is 5.25. The van der Waals surface area contributed by atoms with Crippen molar-refractivity contribution in [3.63, 3.8) is 0 Å². The van der Waals surface area contributed by atoms with Gasteiger partial charge < -0.3 is 15.0 Å². The Morgan fingerprint density at radius 2 is 1.84 bits per heavy atom. The highest BCUT2D eigenvalue weighted by atomic mass is 32.2. The Bertz CT molecular complexity index is 1070. The van der Waals surface area contributed by atoms with E-state index in [0.29, 0.717) is 30.1 Å². The minimum absolute atomic E-state index is 0.0280. The van der Waals surface area contributed by atoms with E-state index in [-0.39, 0.29) is 28.7 Å². The Morgan fingerprint density at radius 1 is 1.12 bits per heavy atom. The van der Waals surface area contributed by atoms with Crippen molar-refractivity contribution < 1.29 is 22.7 Å². The summed E-state index contributed by atoms with van der Waals surface area (Å²) in [6.07, 6.45) is 1.52. The molecule has 2 aromatic carbocycles. The first-order chi connectivity index (χ1) is 15.2. The first-order valence-corrected chi connectivity index (χ1v) is 12.0. The van der Waals surface area contributed by atoms with Gasteiger partial charge in [-0.3, -0.25) is 14.3 Å². The van der Waals surface area contributed by atoms with Crippen LogP contribution in [-0.2, 0) is 14.8 Å². The van der Waals surface area contributed by atoms with Crippen molar-refractivity contribution in [2.45, 2.75) is 37.6 Å². The second-order valence-electron chi connectivity index (χ2n) is 8.12.